The van der Waals surface area contributed by atoms with Crippen LogP contribution in [-0.4, -0.2) is 34.5 Å². The number of pyridine rings is 2. The number of carbonyl (C=O) groups excluding carboxylic acids is 2. The number of aromatic nitrogens is 2. The summed E-state index contributed by atoms with van der Waals surface area (Å²) in [7, 11) is 0. The molecule has 0 atom stereocenters. The fourth-order valence-corrected chi connectivity index (χ4v) is 3.33. The molecule has 7 heteroatoms. The highest BCUT2D eigenvalue weighted by molar-refractivity contribution is 5.95. The molecule has 4 N–H and O–H groups in total. The van der Waals surface area contributed by atoms with E-state index in [9.17, 15) is 9.59 Å². The lowest BCUT2D eigenvalue weighted by molar-refractivity contribution is 0.0941. The van der Waals surface area contributed by atoms with Crippen LogP contribution in [0.5, 0.6) is 0 Å². The number of nitrogens with zero attached hydrogens (tertiary/aromatic N) is 2. The standard InChI is InChI=1S/C18H21N3O.C11H16N2O/c19-12-6-4-10-16(14-15-8-2-1-3-9-15)18(22)21-13-7-5-11-17(21)20;1-3-7-12-11(14)9-5-6-10(4-2)13-8-9/h1-3,5,7-11,13,20H,4,6,12,14,19H2;5-6,8H,3-4,7H2,1-2H3,(H,12,14)/b16-10+,20-17?;. The number of hydrogen-bond donors (Lipinski definition) is 3. The van der Waals surface area contributed by atoms with Crippen molar-refractivity contribution < 1.29 is 9.59 Å². The van der Waals surface area contributed by atoms with Gasteiger partial charge in [0.2, 0.25) is 0 Å². The summed E-state index contributed by atoms with van der Waals surface area (Å²) in [6, 6.07) is 18.7. The van der Waals surface area contributed by atoms with Crippen molar-refractivity contribution >= 4 is 11.8 Å². The van der Waals surface area contributed by atoms with E-state index >= 15 is 0 Å². The second-order valence-electron chi connectivity index (χ2n) is 8.23. The Hall–Kier alpha value is -3.84. The van der Waals surface area contributed by atoms with Gasteiger partial charge in [-0.3, -0.25) is 24.5 Å². The first-order chi connectivity index (χ1) is 17.5. The topological polar surface area (TPSA) is 114 Å². The number of aryl methyl sites for hydroxylation is 1. The zero-order valence-corrected chi connectivity index (χ0v) is 21.2. The van der Waals surface area contributed by atoms with Crippen LogP contribution in [0, 0.1) is 5.41 Å². The van der Waals surface area contributed by atoms with Crippen LogP contribution in [0.4, 0.5) is 0 Å². The molecule has 0 bridgehead atoms. The van der Waals surface area contributed by atoms with Gasteiger partial charge in [-0.25, -0.2) is 0 Å². The van der Waals surface area contributed by atoms with Crippen molar-refractivity contribution in [1.82, 2.24) is 14.9 Å². The Morgan fingerprint density at radius 1 is 1.06 bits per heavy atom. The van der Waals surface area contributed by atoms with Gasteiger partial charge in [-0.15, -0.1) is 0 Å². The van der Waals surface area contributed by atoms with Crippen molar-refractivity contribution in [3.63, 3.8) is 0 Å². The molecule has 3 rings (SSSR count). The number of nitrogens with one attached hydrogen (secondary N) is 2. The van der Waals surface area contributed by atoms with E-state index in [0.717, 1.165) is 36.9 Å². The second-order valence-corrected chi connectivity index (χ2v) is 8.23. The number of nitrogens with two attached hydrogens (primary N) is 1. The third kappa shape index (κ3) is 9.43. The van der Waals surface area contributed by atoms with Gasteiger partial charge in [0.1, 0.15) is 5.49 Å². The third-order valence-electron chi connectivity index (χ3n) is 5.37. The van der Waals surface area contributed by atoms with Gasteiger partial charge in [0, 0.05) is 36.6 Å². The summed E-state index contributed by atoms with van der Waals surface area (Å²) < 4.78 is 1.37. The Bertz CT molecular complexity index is 1170. The predicted octanol–water partition coefficient (Wildman–Crippen LogP) is 4.30. The van der Waals surface area contributed by atoms with E-state index < -0.39 is 0 Å². The van der Waals surface area contributed by atoms with Crippen molar-refractivity contribution in [2.45, 2.75) is 46.0 Å². The second kappa shape index (κ2) is 15.9. The third-order valence-corrected chi connectivity index (χ3v) is 5.37. The summed E-state index contributed by atoms with van der Waals surface area (Å²) in [6.07, 6.45) is 9.23. The summed E-state index contributed by atoms with van der Waals surface area (Å²) in [5.74, 6) is -0.187. The van der Waals surface area contributed by atoms with Crippen LogP contribution in [0.15, 0.2) is 84.7 Å². The highest BCUT2D eigenvalue weighted by atomic mass is 16.2. The molecule has 0 fully saturated rings. The lowest BCUT2D eigenvalue weighted by Gasteiger charge is -2.10. The minimum Gasteiger partial charge on any atom is -0.352 e. The highest BCUT2D eigenvalue weighted by Gasteiger charge is 2.12. The van der Waals surface area contributed by atoms with E-state index in [1.54, 1.807) is 30.6 Å². The Balaban J connectivity index is 0.000000281. The number of carbonyl (C=O) groups is 2. The van der Waals surface area contributed by atoms with Crippen LogP contribution in [0.2, 0.25) is 0 Å². The van der Waals surface area contributed by atoms with Crippen LogP contribution < -0.4 is 16.5 Å². The smallest absolute Gasteiger partial charge is 0.259 e. The molecular formula is C29H37N5O2. The average molecular weight is 488 g/mol. The molecule has 36 heavy (non-hydrogen) atoms. The van der Waals surface area contributed by atoms with Gasteiger partial charge < -0.3 is 11.1 Å². The SMILES string of the molecule is CCCNC(=O)c1ccc(CC)nc1.N=c1ccccn1C(=O)/C(=C/CCCN)Cc1ccccc1. The zero-order valence-electron chi connectivity index (χ0n) is 21.2. The first-order valence-electron chi connectivity index (χ1n) is 12.4. The van der Waals surface area contributed by atoms with Gasteiger partial charge in [0.15, 0.2) is 0 Å². The lowest BCUT2D eigenvalue weighted by atomic mass is 10.0. The molecule has 0 saturated heterocycles. The minimum atomic E-state index is -0.147. The number of allylic oxidation sites excluding steroid dienone is 2. The molecule has 1 aromatic carbocycles. The van der Waals surface area contributed by atoms with Gasteiger partial charge in [0.05, 0.1) is 5.56 Å². The van der Waals surface area contributed by atoms with Gasteiger partial charge in [0.25, 0.3) is 11.8 Å². The molecule has 7 nitrogen and oxygen atoms in total. The van der Waals surface area contributed by atoms with E-state index in [2.05, 4.69) is 10.3 Å². The Kier molecular flexibility index (Phi) is 12.6. The van der Waals surface area contributed by atoms with E-state index in [4.69, 9.17) is 11.1 Å². The lowest BCUT2D eigenvalue weighted by Crippen LogP contribution is -2.27. The molecule has 3 aromatic rings. The van der Waals surface area contributed by atoms with Gasteiger partial charge >= 0.3 is 0 Å². The van der Waals surface area contributed by atoms with Crippen LogP contribution in [0.25, 0.3) is 0 Å². The highest BCUT2D eigenvalue weighted by Crippen LogP contribution is 2.11. The average Bonchev–Trinajstić information content (AvgIpc) is 2.92. The molecule has 190 valence electrons. The fraction of sp³-hybridized carbons (Fsp3) is 0.310. The van der Waals surface area contributed by atoms with Crippen LogP contribution in [0.3, 0.4) is 0 Å². The molecule has 0 radical (unpaired) electrons. The summed E-state index contributed by atoms with van der Waals surface area (Å²) in [6.45, 7) is 5.39. The van der Waals surface area contributed by atoms with E-state index in [1.165, 1.54) is 4.57 Å². The van der Waals surface area contributed by atoms with Crippen molar-refractivity contribution in [3.8, 4) is 0 Å². The van der Waals surface area contributed by atoms with Crippen molar-refractivity contribution in [2.75, 3.05) is 13.1 Å². The molecule has 0 aliphatic rings. The summed E-state index contributed by atoms with van der Waals surface area (Å²) in [5.41, 5.74) is 9.14. The van der Waals surface area contributed by atoms with Gasteiger partial charge in [-0.1, -0.05) is 56.3 Å². The summed E-state index contributed by atoms with van der Waals surface area (Å²) in [5, 5.41) is 10.7. The number of hydrogen-bond acceptors (Lipinski definition) is 5. The Labute approximate surface area is 213 Å². The predicted molar refractivity (Wildman–Crippen MR) is 144 cm³/mol. The van der Waals surface area contributed by atoms with E-state index in [-0.39, 0.29) is 17.3 Å². The van der Waals surface area contributed by atoms with Crippen molar-refractivity contribution in [3.05, 3.63) is 107 Å². The Morgan fingerprint density at radius 2 is 1.81 bits per heavy atom. The summed E-state index contributed by atoms with van der Waals surface area (Å²) in [4.78, 5) is 28.3. The first-order valence-corrected chi connectivity index (χ1v) is 12.4. The zero-order chi connectivity index (χ0) is 26.2. The molecule has 1 amide bonds. The molecule has 0 spiro atoms. The number of rotatable bonds is 10. The molecule has 2 aromatic heterocycles. The normalized spacial score (nSPS) is 10.8. The maximum atomic E-state index is 12.7. The van der Waals surface area contributed by atoms with Crippen molar-refractivity contribution in [2.24, 2.45) is 5.73 Å². The first kappa shape index (κ1) is 28.4. The van der Waals surface area contributed by atoms with Crippen LogP contribution >= 0.6 is 0 Å². The maximum absolute atomic E-state index is 12.7. The van der Waals surface area contributed by atoms with Crippen LogP contribution in [0.1, 0.15) is 59.5 Å². The van der Waals surface area contributed by atoms with Gasteiger partial charge in [-0.05, 0) is 62.1 Å². The monoisotopic (exact) mass is 487 g/mol. The van der Waals surface area contributed by atoms with E-state index in [1.807, 2.05) is 62.4 Å². The molecule has 0 saturated carbocycles. The fourth-order valence-electron chi connectivity index (χ4n) is 3.33. The maximum Gasteiger partial charge on any atom is 0.259 e. The van der Waals surface area contributed by atoms with Gasteiger partial charge in [-0.2, -0.15) is 0 Å². The van der Waals surface area contributed by atoms with Crippen molar-refractivity contribution in [1.29, 1.82) is 5.41 Å². The number of unbranched alkanes of at least 4 members (excludes halogenated alkanes) is 1. The Morgan fingerprint density at radius 3 is 2.42 bits per heavy atom. The minimum absolute atomic E-state index is 0.0398. The molecule has 0 aliphatic carbocycles. The molecule has 0 unspecified atom stereocenters. The largest absolute Gasteiger partial charge is 0.352 e. The molecule has 0 aliphatic heterocycles. The van der Waals surface area contributed by atoms with E-state index in [0.29, 0.717) is 30.6 Å². The number of amides is 1. The summed E-state index contributed by atoms with van der Waals surface area (Å²) >= 11 is 0. The number of benzene rings is 1. The quantitative estimate of drug-likeness (QED) is 0.292. The molecular weight excluding hydrogens is 450 g/mol. The molecule has 2 heterocycles. The van der Waals surface area contributed by atoms with Crippen LogP contribution in [-0.2, 0) is 12.8 Å².